The first-order valence-electron chi connectivity index (χ1n) is 10.4. The molecule has 4 nitrogen and oxygen atoms in total. The summed E-state index contributed by atoms with van der Waals surface area (Å²) in [5.74, 6) is -0.0726. The number of nitrogens with zero attached hydrogens (tertiary/aromatic N) is 2. The number of rotatable bonds is 4. The number of carbonyl (C=O) groups is 1. The van der Waals surface area contributed by atoms with Gasteiger partial charge in [0.1, 0.15) is 5.71 Å². The topological polar surface area (TPSA) is 44.7 Å². The van der Waals surface area contributed by atoms with Crippen LogP contribution in [-0.2, 0) is 4.79 Å². The minimum atomic E-state index is -0.105. The molecule has 158 valence electrons. The average Bonchev–Trinajstić information content (AvgIpc) is 3.00. The second-order valence-corrected chi connectivity index (χ2v) is 9.68. The molecule has 0 aromatic heterocycles. The van der Waals surface area contributed by atoms with E-state index < -0.39 is 0 Å². The zero-order valence-electron chi connectivity index (χ0n) is 16.6. The van der Waals surface area contributed by atoms with Crippen LogP contribution >= 0.6 is 39.1 Å². The van der Waals surface area contributed by atoms with Crippen LogP contribution in [0.2, 0.25) is 10.0 Å². The Hall–Kier alpha value is -1.56. The van der Waals surface area contributed by atoms with E-state index in [4.69, 9.17) is 28.3 Å². The molecule has 1 aliphatic heterocycles. The van der Waals surface area contributed by atoms with E-state index in [1.54, 1.807) is 12.1 Å². The molecule has 1 fully saturated rings. The van der Waals surface area contributed by atoms with Crippen molar-refractivity contribution in [1.29, 1.82) is 0 Å². The van der Waals surface area contributed by atoms with Gasteiger partial charge in [-0.2, -0.15) is 5.10 Å². The van der Waals surface area contributed by atoms with Gasteiger partial charge in [0.05, 0.1) is 16.8 Å². The van der Waals surface area contributed by atoms with Crippen molar-refractivity contribution >= 4 is 56.4 Å². The van der Waals surface area contributed by atoms with Gasteiger partial charge in [-0.15, -0.1) is 0 Å². The van der Waals surface area contributed by atoms with Gasteiger partial charge in [-0.1, -0.05) is 76.9 Å². The molecule has 1 atom stereocenters. The van der Waals surface area contributed by atoms with Crippen LogP contribution in [0.3, 0.4) is 0 Å². The molecule has 1 heterocycles. The molecule has 1 saturated carbocycles. The van der Waals surface area contributed by atoms with Crippen molar-refractivity contribution in [1.82, 2.24) is 5.32 Å². The van der Waals surface area contributed by atoms with Gasteiger partial charge >= 0.3 is 0 Å². The highest BCUT2D eigenvalue weighted by Crippen LogP contribution is 2.40. The van der Waals surface area contributed by atoms with Crippen molar-refractivity contribution < 1.29 is 4.79 Å². The molecule has 4 rings (SSSR count). The number of hydrazone groups is 1. The van der Waals surface area contributed by atoms with Gasteiger partial charge in [-0.3, -0.25) is 9.80 Å². The molecule has 2 aromatic rings. The molecule has 1 amide bonds. The van der Waals surface area contributed by atoms with Crippen LogP contribution in [0, 0.1) is 0 Å². The molecule has 2 aliphatic rings. The third-order valence-corrected chi connectivity index (χ3v) is 6.84. The van der Waals surface area contributed by atoms with Crippen molar-refractivity contribution in [3.05, 3.63) is 62.5 Å². The fourth-order valence-electron chi connectivity index (χ4n) is 4.17. The maximum atomic E-state index is 13.0. The second kappa shape index (κ2) is 9.71. The van der Waals surface area contributed by atoms with Gasteiger partial charge in [-0.25, -0.2) is 0 Å². The summed E-state index contributed by atoms with van der Waals surface area (Å²) in [5.41, 5.74) is 2.36. The molecular weight excluding hydrogens is 485 g/mol. The van der Waals surface area contributed by atoms with E-state index in [9.17, 15) is 4.79 Å². The van der Waals surface area contributed by atoms with Crippen LogP contribution in [0.15, 0.2) is 52.0 Å². The van der Waals surface area contributed by atoms with E-state index in [1.807, 2.05) is 35.3 Å². The molecule has 7 heteroatoms. The molecule has 0 bridgehead atoms. The lowest BCUT2D eigenvalue weighted by molar-refractivity contribution is -0.115. The largest absolute Gasteiger partial charge is 0.348 e. The van der Waals surface area contributed by atoms with Crippen molar-refractivity contribution in [3.63, 3.8) is 0 Å². The smallest absolute Gasteiger partial charge is 0.267 e. The van der Waals surface area contributed by atoms with Gasteiger partial charge in [0, 0.05) is 22.0 Å². The maximum Gasteiger partial charge on any atom is 0.267 e. The summed E-state index contributed by atoms with van der Waals surface area (Å²) in [6.07, 6.45) is 7.46. The van der Waals surface area contributed by atoms with Crippen LogP contribution in [0.4, 0.5) is 5.69 Å². The van der Waals surface area contributed by atoms with Crippen LogP contribution in [-0.4, -0.2) is 17.7 Å². The first-order valence-corrected chi connectivity index (χ1v) is 11.9. The minimum absolute atomic E-state index is 0.0726. The minimum Gasteiger partial charge on any atom is -0.348 e. The quantitative estimate of drug-likeness (QED) is 0.456. The fourth-order valence-corrected chi connectivity index (χ4v) is 4.93. The zero-order chi connectivity index (χ0) is 21.1. The number of amides is 1. The summed E-state index contributed by atoms with van der Waals surface area (Å²) in [6.45, 7) is 0. The standard InChI is InChI=1S/C23H24BrCl2N3O/c24-16-9-7-15(8-10-16)22-14-20(23(30)27-18-5-3-1-2-4-6-18)28-29(22)21-12-11-17(25)13-19(21)26/h7-13,18,22H,1-6,14H2,(H,27,30)/t22-/m1/s1. The normalized spacial score (nSPS) is 20.0. The Balaban J connectivity index is 1.61. The molecule has 0 radical (unpaired) electrons. The SMILES string of the molecule is O=C(NC1CCCCCC1)C1=NN(c2ccc(Cl)cc2Cl)[C@@H](c2ccc(Br)cc2)C1. The molecule has 1 aliphatic carbocycles. The van der Waals surface area contributed by atoms with E-state index >= 15 is 0 Å². The molecule has 0 spiro atoms. The van der Waals surface area contributed by atoms with E-state index in [0.29, 0.717) is 22.2 Å². The number of hydrogen-bond acceptors (Lipinski definition) is 3. The highest BCUT2D eigenvalue weighted by molar-refractivity contribution is 9.10. The van der Waals surface area contributed by atoms with Gasteiger partial charge in [0.25, 0.3) is 5.91 Å². The van der Waals surface area contributed by atoms with Gasteiger partial charge in [-0.05, 0) is 48.7 Å². The highest BCUT2D eigenvalue weighted by atomic mass is 79.9. The second-order valence-electron chi connectivity index (χ2n) is 7.92. The lowest BCUT2D eigenvalue weighted by Crippen LogP contribution is -2.38. The Morgan fingerprint density at radius 3 is 2.40 bits per heavy atom. The Bertz CT molecular complexity index is 940. The Kier molecular flexibility index (Phi) is 7.01. The van der Waals surface area contributed by atoms with Crippen LogP contribution < -0.4 is 10.3 Å². The summed E-state index contributed by atoms with van der Waals surface area (Å²) in [4.78, 5) is 13.0. The fraction of sp³-hybridized carbons (Fsp3) is 0.391. The van der Waals surface area contributed by atoms with Crippen molar-refractivity contribution in [3.8, 4) is 0 Å². The summed E-state index contributed by atoms with van der Waals surface area (Å²) in [7, 11) is 0. The number of anilines is 1. The number of benzene rings is 2. The summed E-state index contributed by atoms with van der Waals surface area (Å²) in [5, 5.41) is 10.9. The zero-order valence-corrected chi connectivity index (χ0v) is 19.7. The van der Waals surface area contributed by atoms with Crippen LogP contribution in [0.1, 0.15) is 56.6 Å². The number of hydrogen-bond donors (Lipinski definition) is 1. The first kappa shape index (κ1) is 21.7. The summed E-state index contributed by atoms with van der Waals surface area (Å²) in [6, 6.07) is 13.6. The highest BCUT2D eigenvalue weighted by Gasteiger charge is 2.34. The lowest BCUT2D eigenvalue weighted by Gasteiger charge is -2.25. The van der Waals surface area contributed by atoms with Crippen LogP contribution in [0.25, 0.3) is 0 Å². The lowest BCUT2D eigenvalue weighted by atomic mass is 10.0. The van der Waals surface area contributed by atoms with Crippen molar-refractivity contribution in [2.24, 2.45) is 5.10 Å². The number of halogens is 3. The predicted molar refractivity (Wildman–Crippen MR) is 128 cm³/mol. The summed E-state index contributed by atoms with van der Waals surface area (Å²) >= 11 is 16.1. The third-order valence-electron chi connectivity index (χ3n) is 5.77. The Labute approximate surface area is 195 Å². The van der Waals surface area contributed by atoms with Crippen molar-refractivity contribution in [2.75, 3.05) is 5.01 Å². The molecule has 30 heavy (non-hydrogen) atoms. The molecule has 0 saturated heterocycles. The first-order chi connectivity index (χ1) is 14.5. The van der Waals surface area contributed by atoms with Gasteiger partial charge in [0.15, 0.2) is 0 Å². The van der Waals surface area contributed by atoms with E-state index in [0.717, 1.165) is 28.6 Å². The number of carbonyl (C=O) groups excluding carboxylic acids is 1. The average molecular weight is 509 g/mol. The monoisotopic (exact) mass is 507 g/mol. The van der Waals surface area contributed by atoms with E-state index in [-0.39, 0.29) is 18.0 Å². The van der Waals surface area contributed by atoms with Gasteiger partial charge < -0.3 is 5.32 Å². The number of nitrogens with one attached hydrogen (secondary N) is 1. The maximum absolute atomic E-state index is 13.0. The van der Waals surface area contributed by atoms with Crippen molar-refractivity contribution in [2.45, 2.75) is 57.0 Å². The Morgan fingerprint density at radius 2 is 1.73 bits per heavy atom. The van der Waals surface area contributed by atoms with Crippen LogP contribution in [0.5, 0.6) is 0 Å². The van der Waals surface area contributed by atoms with Gasteiger partial charge in [0.2, 0.25) is 0 Å². The third kappa shape index (κ3) is 5.01. The molecule has 2 aromatic carbocycles. The molecule has 0 unspecified atom stereocenters. The molecular formula is C23H24BrCl2N3O. The summed E-state index contributed by atoms with van der Waals surface area (Å²) < 4.78 is 1.01. The Morgan fingerprint density at radius 1 is 1.03 bits per heavy atom. The van der Waals surface area contributed by atoms with E-state index in [2.05, 4.69) is 21.2 Å². The molecule has 1 N–H and O–H groups in total. The van der Waals surface area contributed by atoms with E-state index in [1.165, 1.54) is 25.7 Å². The predicted octanol–water partition coefficient (Wildman–Crippen LogP) is 6.90.